The van der Waals surface area contributed by atoms with Gasteiger partial charge in [0.05, 0.1) is 10.00 Å². The van der Waals surface area contributed by atoms with Crippen LogP contribution in [0, 0.1) is 17.8 Å². The van der Waals surface area contributed by atoms with Crippen LogP contribution in [0.2, 0.25) is 0 Å². The molecule has 0 radical (unpaired) electrons. The molecule has 13 heavy (non-hydrogen) atoms. The summed E-state index contributed by atoms with van der Waals surface area (Å²) in [6.45, 7) is 3.77. The number of hydrogen-bond acceptors (Lipinski definition) is 2. The molecule has 1 saturated carbocycles. The van der Waals surface area contributed by atoms with Gasteiger partial charge in [0, 0.05) is 5.92 Å². The molecule has 3 heteroatoms. The highest BCUT2D eigenvalue weighted by atomic mass is 32.2. The van der Waals surface area contributed by atoms with Gasteiger partial charge in [-0.1, -0.05) is 12.2 Å². The van der Waals surface area contributed by atoms with Crippen molar-refractivity contribution in [2.45, 2.75) is 30.3 Å². The minimum absolute atomic E-state index is 0.0301. The fraction of sp³-hybridized carbons (Fsp3) is 0.800. The molecule has 0 spiro atoms. The van der Waals surface area contributed by atoms with Gasteiger partial charge in [0.1, 0.15) is 0 Å². The molecule has 2 bridgehead atoms. The summed E-state index contributed by atoms with van der Waals surface area (Å²) in [6.07, 6.45) is 5.42. The SMILES string of the molecule is CC1(C)[C@@H]2[C@H]([C@H]3C=C[C@@H]2C3)S1(=O)=O. The summed E-state index contributed by atoms with van der Waals surface area (Å²) in [7, 11) is -2.82. The van der Waals surface area contributed by atoms with Crippen LogP contribution in [0.1, 0.15) is 20.3 Å². The van der Waals surface area contributed by atoms with Crippen LogP contribution in [0.5, 0.6) is 0 Å². The minimum Gasteiger partial charge on any atom is -0.228 e. The molecule has 1 saturated heterocycles. The lowest BCUT2D eigenvalue weighted by molar-refractivity contribution is 0.290. The lowest BCUT2D eigenvalue weighted by Gasteiger charge is -2.51. The van der Waals surface area contributed by atoms with E-state index in [1.807, 2.05) is 13.8 Å². The summed E-state index contributed by atoms with van der Waals surface area (Å²) in [5, 5.41) is -0.0301. The van der Waals surface area contributed by atoms with E-state index in [9.17, 15) is 8.42 Å². The van der Waals surface area contributed by atoms with E-state index in [0.29, 0.717) is 17.8 Å². The Bertz CT molecular complexity index is 391. The molecule has 2 fully saturated rings. The van der Waals surface area contributed by atoms with Gasteiger partial charge in [0.25, 0.3) is 0 Å². The van der Waals surface area contributed by atoms with Gasteiger partial charge in [-0.25, -0.2) is 8.42 Å². The number of hydrogen-bond donors (Lipinski definition) is 0. The fourth-order valence-electron chi connectivity index (χ4n) is 3.58. The zero-order valence-corrected chi connectivity index (χ0v) is 8.71. The van der Waals surface area contributed by atoms with Crippen molar-refractivity contribution in [1.82, 2.24) is 0 Å². The van der Waals surface area contributed by atoms with Crippen LogP contribution in [0.15, 0.2) is 12.2 Å². The van der Waals surface area contributed by atoms with E-state index >= 15 is 0 Å². The van der Waals surface area contributed by atoms with Crippen molar-refractivity contribution in [2.24, 2.45) is 17.8 Å². The van der Waals surface area contributed by atoms with Gasteiger partial charge >= 0.3 is 0 Å². The molecular formula is C10H14O2S. The van der Waals surface area contributed by atoms with Crippen LogP contribution in [-0.4, -0.2) is 18.4 Å². The maximum Gasteiger partial charge on any atom is 0.159 e. The summed E-state index contributed by atoms with van der Waals surface area (Å²) in [4.78, 5) is 0. The summed E-state index contributed by atoms with van der Waals surface area (Å²) in [5.74, 6) is 1.30. The number of sulfone groups is 1. The van der Waals surface area contributed by atoms with Crippen molar-refractivity contribution in [3.63, 3.8) is 0 Å². The highest BCUT2D eigenvalue weighted by Crippen LogP contribution is 2.61. The van der Waals surface area contributed by atoms with Gasteiger partial charge in [-0.2, -0.15) is 0 Å². The van der Waals surface area contributed by atoms with Crippen molar-refractivity contribution in [3.05, 3.63) is 12.2 Å². The van der Waals surface area contributed by atoms with E-state index in [1.165, 1.54) is 0 Å². The van der Waals surface area contributed by atoms with Crippen molar-refractivity contribution in [3.8, 4) is 0 Å². The van der Waals surface area contributed by atoms with Crippen LogP contribution in [0.4, 0.5) is 0 Å². The molecule has 72 valence electrons. The Hall–Kier alpha value is -0.310. The highest BCUT2D eigenvalue weighted by Gasteiger charge is 2.69. The fourth-order valence-corrected chi connectivity index (χ4v) is 6.35. The van der Waals surface area contributed by atoms with Crippen molar-refractivity contribution < 1.29 is 8.42 Å². The molecule has 0 aromatic rings. The van der Waals surface area contributed by atoms with Gasteiger partial charge < -0.3 is 0 Å². The minimum atomic E-state index is -2.82. The normalized spacial score (nSPS) is 53.1. The van der Waals surface area contributed by atoms with Crippen LogP contribution < -0.4 is 0 Å². The van der Waals surface area contributed by atoms with Crippen LogP contribution in [0.25, 0.3) is 0 Å². The van der Waals surface area contributed by atoms with E-state index in [-0.39, 0.29) is 5.25 Å². The van der Waals surface area contributed by atoms with Crippen LogP contribution in [-0.2, 0) is 9.84 Å². The molecule has 4 atom stereocenters. The Morgan fingerprint density at radius 1 is 1.23 bits per heavy atom. The Labute approximate surface area is 78.9 Å². The molecule has 2 nitrogen and oxygen atoms in total. The van der Waals surface area contributed by atoms with Gasteiger partial charge in [-0.3, -0.25) is 0 Å². The number of fused-ring (bicyclic) bond motifs is 5. The lowest BCUT2D eigenvalue weighted by Crippen LogP contribution is -2.63. The average molecular weight is 198 g/mol. The molecule has 0 N–H and O–H groups in total. The van der Waals surface area contributed by atoms with Gasteiger partial charge in [0.2, 0.25) is 0 Å². The first kappa shape index (κ1) is 8.04. The summed E-state index contributed by atoms with van der Waals surface area (Å²) in [5.41, 5.74) is 0. The second-order valence-corrected chi connectivity index (χ2v) is 7.77. The van der Waals surface area contributed by atoms with Crippen LogP contribution >= 0.6 is 0 Å². The van der Waals surface area contributed by atoms with Crippen molar-refractivity contribution in [2.75, 3.05) is 0 Å². The van der Waals surface area contributed by atoms with Crippen molar-refractivity contribution >= 4 is 9.84 Å². The quantitative estimate of drug-likeness (QED) is 0.551. The number of allylic oxidation sites excluding steroid dienone is 2. The largest absolute Gasteiger partial charge is 0.228 e. The van der Waals surface area contributed by atoms with E-state index in [1.54, 1.807) is 0 Å². The predicted octanol–water partition coefficient (Wildman–Crippen LogP) is 1.38. The van der Waals surface area contributed by atoms with Gasteiger partial charge in [-0.05, 0) is 32.1 Å². The summed E-state index contributed by atoms with van der Waals surface area (Å²) < 4.78 is 23.4. The van der Waals surface area contributed by atoms with Gasteiger partial charge in [0.15, 0.2) is 9.84 Å². The smallest absolute Gasteiger partial charge is 0.159 e. The van der Waals surface area contributed by atoms with E-state index in [4.69, 9.17) is 0 Å². The lowest BCUT2D eigenvalue weighted by atomic mass is 9.81. The Balaban J connectivity index is 2.15. The summed E-state index contributed by atoms with van der Waals surface area (Å²) in [6, 6.07) is 0. The monoisotopic (exact) mass is 198 g/mol. The molecule has 0 aromatic carbocycles. The van der Waals surface area contributed by atoms with E-state index in [0.717, 1.165) is 6.42 Å². The Kier molecular flexibility index (Phi) is 1.16. The maximum absolute atomic E-state index is 11.9. The average Bonchev–Trinajstić information content (AvgIpc) is 2.60. The molecular weight excluding hydrogens is 184 g/mol. The Morgan fingerprint density at radius 3 is 2.46 bits per heavy atom. The van der Waals surface area contributed by atoms with Gasteiger partial charge in [-0.15, -0.1) is 0 Å². The highest BCUT2D eigenvalue weighted by molar-refractivity contribution is 7.95. The molecule has 3 aliphatic rings. The third-order valence-corrected chi connectivity index (χ3v) is 7.38. The van der Waals surface area contributed by atoms with Crippen molar-refractivity contribution in [1.29, 1.82) is 0 Å². The molecule has 1 aliphatic heterocycles. The number of rotatable bonds is 0. The molecule has 3 rings (SSSR count). The molecule has 0 unspecified atom stereocenters. The standard InChI is InChI=1S/C10H14O2S/c1-10(2)8-6-3-4-7(5-6)9(8)13(10,11)12/h3-4,6-9H,5H2,1-2H3/t6-,7+,8+,9+/m1/s1. The third kappa shape index (κ3) is 0.632. The zero-order chi connectivity index (χ0) is 9.43. The predicted molar refractivity (Wildman–Crippen MR) is 51.0 cm³/mol. The zero-order valence-electron chi connectivity index (χ0n) is 7.90. The maximum atomic E-state index is 11.9. The summed E-state index contributed by atoms with van der Waals surface area (Å²) >= 11 is 0. The molecule has 0 amide bonds. The molecule has 2 aliphatic carbocycles. The second kappa shape index (κ2) is 1.88. The van der Waals surface area contributed by atoms with E-state index < -0.39 is 14.6 Å². The first-order chi connectivity index (χ1) is 5.96. The topological polar surface area (TPSA) is 34.1 Å². The third-order valence-electron chi connectivity index (χ3n) is 4.28. The molecule has 0 aromatic heterocycles. The van der Waals surface area contributed by atoms with Crippen LogP contribution in [0.3, 0.4) is 0 Å². The first-order valence-corrected chi connectivity index (χ1v) is 6.42. The van der Waals surface area contributed by atoms with E-state index in [2.05, 4.69) is 12.2 Å². The molecule has 1 heterocycles. The first-order valence-electron chi connectivity index (χ1n) is 4.88. The second-order valence-electron chi connectivity index (χ2n) is 5.09. The Morgan fingerprint density at radius 2 is 1.85 bits per heavy atom.